The number of halogens is 1. The average Bonchev–Trinajstić information content (AvgIpc) is 1.16. The van der Waals surface area contributed by atoms with Crippen LogP contribution in [0.4, 0.5) is 32.8 Å². The zero-order chi connectivity index (χ0) is 96.9. The van der Waals surface area contributed by atoms with Crippen molar-refractivity contribution in [3.8, 4) is 56.3 Å². The Bertz CT molecular complexity index is 6130. The molecule has 134 heavy (non-hydrogen) atoms. The molecule has 1 aliphatic carbocycles. The number of hydrogen-bond donors (Lipinski definition) is 11. The number of methoxy groups -OCH3 is 1. The highest BCUT2D eigenvalue weighted by Crippen LogP contribution is 2.41. The van der Waals surface area contributed by atoms with Crippen LogP contribution in [0.1, 0.15) is 178 Å². The fourth-order valence-corrected chi connectivity index (χ4v) is 18.5. The Balaban J connectivity index is 0.000000160. The van der Waals surface area contributed by atoms with Gasteiger partial charge >= 0.3 is 36.0 Å². The van der Waals surface area contributed by atoms with E-state index in [0.717, 1.165) is 184 Å². The molecule has 31 nitrogen and oxygen atoms in total. The molecule has 3 atom stereocenters. The molecule has 5 aromatic heterocycles. The van der Waals surface area contributed by atoms with E-state index in [1.807, 2.05) is 128 Å². The zero-order valence-electron chi connectivity index (χ0n) is 77.5. The van der Waals surface area contributed by atoms with Crippen molar-refractivity contribution in [3.63, 3.8) is 0 Å². The Morgan fingerprint density at radius 3 is 0.918 bits per heavy atom. The van der Waals surface area contributed by atoms with Crippen LogP contribution < -0.4 is 52.3 Å². The van der Waals surface area contributed by atoms with Crippen molar-refractivity contribution in [2.75, 3.05) is 125 Å². The van der Waals surface area contributed by atoms with Crippen molar-refractivity contribution < 1.29 is 73.3 Å². The van der Waals surface area contributed by atoms with E-state index in [9.17, 15) is 57.4 Å². The summed E-state index contributed by atoms with van der Waals surface area (Å²) in [5.74, 6) is -4.85. The molecule has 1 saturated carbocycles. The summed E-state index contributed by atoms with van der Waals surface area (Å²) in [6.45, 7) is 19.3. The van der Waals surface area contributed by atoms with Crippen molar-refractivity contribution in [2.45, 2.75) is 155 Å². The number of hydrogen-bond acceptors (Lipinski definition) is 21. The molecule has 16 rings (SSSR count). The molecular weight excluding hydrogens is 1720 g/mol. The molecule has 32 heteroatoms. The molecule has 5 aromatic carbocycles. The van der Waals surface area contributed by atoms with Gasteiger partial charge in [-0.15, -0.1) is 0 Å². The Morgan fingerprint density at radius 1 is 0.366 bits per heavy atom. The van der Waals surface area contributed by atoms with E-state index in [2.05, 4.69) is 97.6 Å². The summed E-state index contributed by atoms with van der Waals surface area (Å²) in [5.41, 5.74) is 12.0. The van der Waals surface area contributed by atoms with Crippen LogP contribution >= 0.6 is 0 Å². The Hall–Kier alpha value is -13.7. The molecule has 0 bridgehead atoms. The highest BCUT2D eigenvalue weighted by Gasteiger charge is 2.37. The molecule has 6 fully saturated rings. The maximum atomic E-state index is 14.9. The van der Waals surface area contributed by atoms with Gasteiger partial charge in [-0.1, -0.05) is 89.6 Å². The van der Waals surface area contributed by atoms with Crippen LogP contribution in [0.15, 0.2) is 170 Å². The number of nitrogens with zero attached hydrogens (tertiary/aromatic N) is 7. The number of piperidine rings is 3. The monoisotopic (exact) mass is 1840 g/mol. The number of carbonyl (C=O) groups excluding carboxylic acids is 2. The maximum Gasteiger partial charge on any atom is 0.373 e. The van der Waals surface area contributed by atoms with Crippen molar-refractivity contribution in [2.24, 2.45) is 11.8 Å². The minimum absolute atomic E-state index is 0.203. The van der Waals surface area contributed by atoms with Gasteiger partial charge in [-0.2, -0.15) is 9.59 Å². The molecule has 0 spiro atoms. The third-order valence-corrected chi connectivity index (χ3v) is 26.4. The number of aliphatic hydroxyl groups is 1. The summed E-state index contributed by atoms with van der Waals surface area (Å²) in [7, 11) is 10.1. The predicted octanol–water partition coefficient (Wildman–Crippen LogP) is 13.6. The fourth-order valence-electron chi connectivity index (χ4n) is 18.5. The summed E-state index contributed by atoms with van der Waals surface area (Å²) in [4.78, 5) is 162. The Kier molecular flexibility index (Phi) is 35.1. The van der Waals surface area contributed by atoms with Crippen molar-refractivity contribution in [3.05, 3.63) is 259 Å². The van der Waals surface area contributed by atoms with Gasteiger partial charge in [0.2, 0.25) is 0 Å². The number of aryl methyl sites for hydroxylation is 5. The second-order valence-corrected chi connectivity index (χ2v) is 34.8. The van der Waals surface area contributed by atoms with Crippen LogP contribution in [0.2, 0.25) is 0 Å². The number of anilines is 5. The SMILES string of the molecule is CCc1cc(C(=O)O)c(=O)[nH]c1-c1ccc(N2CCC(N(C)C)C2)cc1F.CCc1cc(C(=O)O)c(=O)[nH]c1-c1ccc(N2CCC(N(C)C)CC2)cc1.CCc1cc(C(=O)O)c(=O)[nH]c1-c1ccc(N2CCC(O)CC2)cc1.CCc1cc(C(=O)O)c(=O)[nH]c1-c1ccc(N2CCC(OC)CC2)cc1.CCc1cc(C(=O)O)c(=O)[nH]c1-c1ccc(N2C[C@H]3CCC[C@H]3C2)cc1.O=C=O. The van der Waals surface area contributed by atoms with Crippen LogP contribution in [-0.2, 0) is 46.4 Å². The van der Waals surface area contributed by atoms with Crippen molar-refractivity contribution in [1.29, 1.82) is 0 Å². The van der Waals surface area contributed by atoms with Gasteiger partial charge in [0.1, 0.15) is 33.6 Å². The number of aromatic nitrogens is 5. The second kappa shape index (κ2) is 46.6. The number of pyridine rings is 5. The summed E-state index contributed by atoms with van der Waals surface area (Å²) >= 11 is 0. The minimum Gasteiger partial charge on any atom is -0.477 e. The van der Waals surface area contributed by atoms with Gasteiger partial charge in [-0.3, -0.25) is 24.0 Å². The lowest BCUT2D eigenvalue weighted by molar-refractivity contribution is -0.191. The first-order chi connectivity index (χ1) is 64.2. The standard InChI is InChI=1S/C21H27N3O3.C21H24N2O3.C20H24FN3O3.C20H24N2O4.C19H22N2O4.CO2/c1-4-14-13-18(21(26)27)20(25)22-19(14)15-5-7-17(8-6-15)24-11-9-16(10-12-24)23(2)3;1-2-13-10-18(21(25)26)20(24)22-19(13)14-6-8-17(9-7-14)23-11-15-4-3-5-16(15)12-23;1-4-12-9-16(20(26)27)19(25)22-18(12)15-6-5-13(10-17(15)21)24-8-7-14(11-24)23(2)3;1-3-13-12-17(20(24)25)19(23)21-18(13)14-4-6-15(7-5-14)22-10-8-16(26-2)9-11-22;1-2-12-11-16(19(24)25)18(23)20-17(12)13-3-5-14(6-4-13)21-9-7-15(22)8-10-21;2-1-3/h5-8,13,16H,4,9-12H2,1-3H3,(H,22,25)(H,26,27);6-10,15-16H,2-5,11-12H2,1H3,(H,22,24)(H,25,26);5-6,9-10,14H,4,7-8,11H2,1-3H3,(H,22,25)(H,26,27);4-7,12,16H,3,8-11H2,1-2H3,(H,21,23)(H,24,25);3-6,11,15,22H,2,7-10H2,1H3,(H,20,23)(H,24,25);/t;15-,16+;;;;. The van der Waals surface area contributed by atoms with Gasteiger partial charge in [0.05, 0.1) is 40.7 Å². The lowest BCUT2D eigenvalue weighted by Crippen LogP contribution is -2.41. The summed E-state index contributed by atoms with van der Waals surface area (Å²) in [5, 5.41) is 55.3. The number of fused-ring (bicyclic) bond motifs is 1. The van der Waals surface area contributed by atoms with Gasteiger partial charge in [0.15, 0.2) is 0 Å². The van der Waals surface area contributed by atoms with Gasteiger partial charge < -0.3 is 94.6 Å². The first kappa shape index (κ1) is 101. The predicted molar refractivity (Wildman–Crippen MR) is 515 cm³/mol. The molecule has 6 aliphatic rings. The number of aliphatic hydroxyl groups excluding tert-OH is 1. The summed E-state index contributed by atoms with van der Waals surface area (Å²) in [6, 6.07) is 45.6. The van der Waals surface area contributed by atoms with Gasteiger partial charge in [-0.25, -0.2) is 28.4 Å². The minimum atomic E-state index is -1.29. The number of ether oxygens (including phenoxy) is 1. The number of H-pyrrole nitrogens is 5. The number of carboxylic acids is 5. The van der Waals surface area contributed by atoms with E-state index in [1.165, 1.54) is 67.0 Å². The number of aromatic carboxylic acids is 5. The first-order valence-corrected chi connectivity index (χ1v) is 45.7. The Labute approximate surface area is 775 Å². The molecule has 5 aliphatic heterocycles. The molecule has 10 aromatic rings. The van der Waals surface area contributed by atoms with Gasteiger partial charge in [0.25, 0.3) is 27.8 Å². The normalized spacial score (nSPS) is 16.6. The van der Waals surface area contributed by atoms with Gasteiger partial charge in [-0.05, 0) is 277 Å². The van der Waals surface area contributed by atoms with Crippen molar-refractivity contribution >= 4 is 64.4 Å². The highest BCUT2D eigenvalue weighted by atomic mass is 19.1. The van der Waals surface area contributed by atoms with Crippen LogP contribution in [0.5, 0.6) is 0 Å². The fraction of sp³-hybridized carbons (Fsp3) is 0.402. The van der Waals surface area contributed by atoms with E-state index < -0.39 is 63.5 Å². The number of rotatable bonds is 23. The largest absolute Gasteiger partial charge is 0.477 e. The van der Waals surface area contributed by atoms with E-state index in [1.54, 1.807) is 13.2 Å². The third kappa shape index (κ3) is 24.8. The van der Waals surface area contributed by atoms with E-state index >= 15 is 0 Å². The molecule has 11 N–H and O–H groups in total. The van der Waals surface area contributed by atoms with Crippen molar-refractivity contribution in [1.82, 2.24) is 34.7 Å². The van der Waals surface area contributed by atoms with Crippen LogP contribution in [0.25, 0.3) is 56.3 Å². The smallest absolute Gasteiger partial charge is 0.373 e. The van der Waals surface area contributed by atoms with E-state index in [4.69, 9.17) is 39.9 Å². The molecule has 5 saturated heterocycles. The number of nitrogens with one attached hydrogen (secondary N) is 5. The van der Waals surface area contributed by atoms with E-state index in [0.29, 0.717) is 84.3 Å². The number of likely N-dealkylation sites (N-methyl/N-ethyl adjacent to an activating group) is 1. The molecule has 10 heterocycles. The lowest BCUT2D eigenvalue weighted by atomic mass is 10.0. The second-order valence-electron chi connectivity index (χ2n) is 34.8. The number of benzene rings is 5. The number of carboxylic acid groups (broad SMARTS) is 5. The van der Waals surface area contributed by atoms with E-state index in [-0.39, 0.29) is 45.6 Å². The first-order valence-electron chi connectivity index (χ1n) is 45.7. The summed E-state index contributed by atoms with van der Waals surface area (Å²) in [6.07, 6.45) is 14.4. The zero-order valence-corrected chi connectivity index (χ0v) is 77.5. The summed E-state index contributed by atoms with van der Waals surface area (Å²) < 4.78 is 20.3. The lowest BCUT2D eigenvalue weighted by Gasteiger charge is -2.36. The molecular formula is C102H121FN12O19. The molecule has 0 radical (unpaired) electrons. The topological polar surface area (TPSA) is 437 Å². The quantitative estimate of drug-likeness (QED) is 0.0283. The third-order valence-electron chi connectivity index (χ3n) is 26.4. The highest BCUT2D eigenvalue weighted by molar-refractivity contribution is 5.91. The maximum absolute atomic E-state index is 14.9. The van der Waals surface area contributed by atoms with Crippen LogP contribution in [0, 0.1) is 17.7 Å². The molecule has 710 valence electrons. The number of aromatic amines is 5. The Morgan fingerprint density at radius 2 is 0.634 bits per heavy atom. The van der Waals surface area contributed by atoms with Crippen LogP contribution in [-0.4, -0.2) is 226 Å². The van der Waals surface area contributed by atoms with Crippen LogP contribution in [0.3, 0.4) is 0 Å². The molecule has 1 unspecified atom stereocenters. The number of carbonyl (C=O) groups is 5. The molecule has 0 amide bonds. The van der Waals surface area contributed by atoms with Gasteiger partial charge in [0, 0.05) is 119 Å². The average molecular weight is 1840 g/mol.